The van der Waals surface area contributed by atoms with Crippen molar-refractivity contribution in [2.24, 2.45) is 21.7 Å². The third-order valence-electron chi connectivity index (χ3n) is 4.21. The highest BCUT2D eigenvalue weighted by molar-refractivity contribution is 6.06. The number of rotatable bonds is 6. The molecule has 0 aromatic heterocycles. The van der Waals surface area contributed by atoms with Crippen molar-refractivity contribution in [3.8, 4) is 0 Å². The summed E-state index contributed by atoms with van der Waals surface area (Å²) in [6.45, 7) is 6.38. The molecule has 98 valence electrons. The maximum absolute atomic E-state index is 12.1. The van der Waals surface area contributed by atoms with Crippen LogP contribution < -0.4 is 11.1 Å². The zero-order valence-electron chi connectivity index (χ0n) is 10.9. The molecule has 1 aliphatic carbocycles. The predicted molar refractivity (Wildman–Crippen MR) is 66.8 cm³/mol. The molecule has 1 saturated carbocycles. The molecule has 1 atom stereocenters. The average molecular weight is 241 g/mol. The molecule has 1 rings (SSSR count). The van der Waals surface area contributed by atoms with Crippen molar-refractivity contribution < 1.29 is 10.0 Å². The summed E-state index contributed by atoms with van der Waals surface area (Å²) in [5.74, 6) is -0.186. The molecule has 1 amide bonds. The van der Waals surface area contributed by atoms with Crippen LogP contribution in [0.1, 0.15) is 46.5 Å². The zero-order valence-corrected chi connectivity index (χ0v) is 10.9. The van der Waals surface area contributed by atoms with Crippen LogP contribution in [0.15, 0.2) is 5.16 Å². The van der Waals surface area contributed by atoms with E-state index in [9.17, 15) is 4.79 Å². The number of oxime groups is 1. The highest BCUT2D eigenvalue weighted by Gasteiger charge is 2.43. The number of nitrogens with two attached hydrogens (primary N) is 1. The van der Waals surface area contributed by atoms with Crippen molar-refractivity contribution in [3.63, 3.8) is 0 Å². The minimum absolute atomic E-state index is 0.0288. The van der Waals surface area contributed by atoms with Crippen molar-refractivity contribution in [1.82, 2.24) is 5.32 Å². The first-order chi connectivity index (χ1) is 7.94. The van der Waals surface area contributed by atoms with Crippen molar-refractivity contribution in [2.45, 2.75) is 46.5 Å². The van der Waals surface area contributed by atoms with Crippen LogP contribution in [0.2, 0.25) is 0 Å². The fourth-order valence-electron chi connectivity index (χ4n) is 1.86. The number of nitrogens with zero attached hydrogens (tertiary/aromatic N) is 1. The summed E-state index contributed by atoms with van der Waals surface area (Å²) >= 11 is 0. The van der Waals surface area contributed by atoms with Crippen molar-refractivity contribution >= 4 is 11.7 Å². The van der Waals surface area contributed by atoms with Gasteiger partial charge in [-0.05, 0) is 38.0 Å². The third-order valence-corrected chi connectivity index (χ3v) is 4.21. The van der Waals surface area contributed by atoms with Crippen LogP contribution in [-0.2, 0) is 4.79 Å². The van der Waals surface area contributed by atoms with Crippen LogP contribution in [-0.4, -0.2) is 23.5 Å². The molecule has 0 aromatic rings. The van der Waals surface area contributed by atoms with Gasteiger partial charge in [-0.1, -0.05) is 19.0 Å². The molecule has 5 nitrogen and oxygen atoms in total. The summed E-state index contributed by atoms with van der Waals surface area (Å²) in [6.07, 6.45) is 3.94. The van der Waals surface area contributed by atoms with Gasteiger partial charge in [-0.15, -0.1) is 0 Å². The molecule has 0 heterocycles. The van der Waals surface area contributed by atoms with E-state index in [1.165, 1.54) is 12.8 Å². The van der Waals surface area contributed by atoms with Gasteiger partial charge in [0.15, 0.2) is 5.84 Å². The molecule has 0 radical (unpaired) electrons. The number of hydrogen-bond donors (Lipinski definition) is 3. The van der Waals surface area contributed by atoms with E-state index in [4.69, 9.17) is 10.9 Å². The van der Waals surface area contributed by atoms with E-state index >= 15 is 0 Å². The molecule has 0 aliphatic heterocycles. The van der Waals surface area contributed by atoms with Gasteiger partial charge in [0.25, 0.3) is 0 Å². The van der Waals surface area contributed by atoms with Crippen molar-refractivity contribution in [2.75, 3.05) is 6.54 Å². The Hall–Kier alpha value is -1.26. The minimum atomic E-state index is -0.918. The summed E-state index contributed by atoms with van der Waals surface area (Å²) in [5.41, 5.74) is 4.97. The second kappa shape index (κ2) is 4.94. The Morgan fingerprint density at radius 2 is 2.12 bits per heavy atom. The molecule has 0 bridgehead atoms. The summed E-state index contributed by atoms with van der Waals surface area (Å²) in [4.78, 5) is 12.1. The van der Waals surface area contributed by atoms with Gasteiger partial charge in [0.05, 0.1) is 0 Å². The first kappa shape index (κ1) is 13.8. The maximum atomic E-state index is 12.1. The van der Waals surface area contributed by atoms with E-state index in [0.29, 0.717) is 18.4 Å². The van der Waals surface area contributed by atoms with E-state index < -0.39 is 5.41 Å². The standard InChI is InChI=1S/C12H23N3O2/c1-4-11(3,9(13)15-17)10(16)14-8-12(5-2)6-7-12/h17H,4-8H2,1-3H3,(H2,13,15)(H,14,16). The zero-order chi connectivity index (χ0) is 13.1. The minimum Gasteiger partial charge on any atom is -0.409 e. The second-order valence-electron chi connectivity index (χ2n) is 5.21. The molecule has 1 aliphatic rings. The number of nitrogens with one attached hydrogen (secondary N) is 1. The number of amides is 1. The van der Waals surface area contributed by atoms with Crippen LogP contribution in [0.3, 0.4) is 0 Å². The normalized spacial score (nSPS) is 21.7. The Balaban J connectivity index is 2.61. The smallest absolute Gasteiger partial charge is 0.233 e. The van der Waals surface area contributed by atoms with Gasteiger partial charge in [-0.3, -0.25) is 4.79 Å². The van der Waals surface area contributed by atoms with E-state index in [-0.39, 0.29) is 11.7 Å². The third kappa shape index (κ3) is 2.70. The average Bonchev–Trinajstić information content (AvgIpc) is 3.14. The van der Waals surface area contributed by atoms with Crippen molar-refractivity contribution in [3.05, 3.63) is 0 Å². The first-order valence-electron chi connectivity index (χ1n) is 6.20. The summed E-state index contributed by atoms with van der Waals surface area (Å²) < 4.78 is 0. The Bertz CT molecular complexity index is 324. The lowest BCUT2D eigenvalue weighted by Gasteiger charge is -2.26. The van der Waals surface area contributed by atoms with Gasteiger partial charge >= 0.3 is 0 Å². The van der Waals surface area contributed by atoms with E-state index in [1.54, 1.807) is 6.92 Å². The molecule has 0 saturated heterocycles. The first-order valence-corrected chi connectivity index (χ1v) is 6.20. The van der Waals surface area contributed by atoms with Crippen molar-refractivity contribution in [1.29, 1.82) is 0 Å². The van der Waals surface area contributed by atoms with Gasteiger partial charge in [-0.2, -0.15) is 0 Å². The number of carbonyl (C=O) groups is 1. The summed E-state index contributed by atoms with van der Waals surface area (Å²) in [5, 5.41) is 14.6. The Morgan fingerprint density at radius 3 is 2.47 bits per heavy atom. The highest BCUT2D eigenvalue weighted by Crippen LogP contribution is 2.48. The number of hydrogen-bond acceptors (Lipinski definition) is 3. The quantitative estimate of drug-likeness (QED) is 0.285. The molecule has 1 unspecified atom stereocenters. The highest BCUT2D eigenvalue weighted by atomic mass is 16.4. The van der Waals surface area contributed by atoms with Crippen LogP contribution in [0, 0.1) is 10.8 Å². The molecule has 0 spiro atoms. The lowest BCUT2D eigenvalue weighted by atomic mass is 9.85. The lowest BCUT2D eigenvalue weighted by molar-refractivity contribution is -0.127. The van der Waals surface area contributed by atoms with E-state index in [0.717, 1.165) is 6.42 Å². The molecule has 17 heavy (non-hydrogen) atoms. The predicted octanol–water partition coefficient (Wildman–Crippen LogP) is 1.46. The summed E-state index contributed by atoms with van der Waals surface area (Å²) in [6, 6.07) is 0. The Labute approximate surface area is 102 Å². The van der Waals surface area contributed by atoms with Gasteiger partial charge < -0.3 is 16.3 Å². The van der Waals surface area contributed by atoms with Crippen LogP contribution in [0.4, 0.5) is 0 Å². The fourth-order valence-corrected chi connectivity index (χ4v) is 1.86. The van der Waals surface area contributed by atoms with Gasteiger partial charge in [0, 0.05) is 6.54 Å². The van der Waals surface area contributed by atoms with E-state index in [1.807, 2.05) is 6.92 Å². The fraction of sp³-hybridized carbons (Fsp3) is 0.833. The number of amidine groups is 1. The van der Waals surface area contributed by atoms with Crippen LogP contribution in [0.5, 0.6) is 0 Å². The maximum Gasteiger partial charge on any atom is 0.233 e. The summed E-state index contributed by atoms with van der Waals surface area (Å²) in [7, 11) is 0. The molecule has 1 fully saturated rings. The van der Waals surface area contributed by atoms with Gasteiger partial charge in [0.1, 0.15) is 5.41 Å². The Kier molecular flexibility index (Phi) is 4.01. The largest absolute Gasteiger partial charge is 0.409 e. The molecule has 5 heteroatoms. The molecule has 4 N–H and O–H groups in total. The van der Waals surface area contributed by atoms with Gasteiger partial charge in [-0.25, -0.2) is 0 Å². The SMILES string of the molecule is CCC1(CNC(=O)C(C)(CC)C(N)=NO)CC1. The molecular weight excluding hydrogens is 218 g/mol. The number of carbonyl (C=O) groups excluding carboxylic acids is 1. The lowest BCUT2D eigenvalue weighted by Crippen LogP contribution is -2.48. The monoisotopic (exact) mass is 241 g/mol. The van der Waals surface area contributed by atoms with Crippen LogP contribution in [0.25, 0.3) is 0 Å². The van der Waals surface area contributed by atoms with Crippen LogP contribution >= 0.6 is 0 Å². The molecule has 0 aromatic carbocycles. The topological polar surface area (TPSA) is 87.7 Å². The molecular formula is C12H23N3O2. The van der Waals surface area contributed by atoms with Gasteiger partial charge in [0.2, 0.25) is 5.91 Å². The second-order valence-corrected chi connectivity index (χ2v) is 5.21. The van der Waals surface area contributed by atoms with E-state index in [2.05, 4.69) is 17.4 Å². The Morgan fingerprint density at radius 1 is 1.53 bits per heavy atom.